The number of non-ortho nitro benzene ring substituents is 3. The van der Waals surface area contributed by atoms with Crippen LogP contribution in [-0.4, -0.2) is 36.1 Å². The van der Waals surface area contributed by atoms with Gasteiger partial charge in [-0.2, -0.15) is 0 Å². The lowest BCUT2D eigenvalue weighted by atomic mass is 9.91. The second-order valence-corrected chi connectivity index (χ2v) is 8.84. The SMILES string of the molecule is COc1c2cc([N+](=O)[O-])cc1CCc1cc([N+](=O)[O-])cc(c1OC)Cc1cc([N+](=O)[O-])cc(c1OC)CC2. The summed E-state index contributed by atoms with van der Waals surface area (Å²) in [5.74, 6) is 1.25. The Morgan fingerprint density at radius 2 is 0.737 bits per heavy atom. The van der Waals surface area contributed by atoms with Gasteiger partial charge in [-0.25, -0.2) is 0 Å². The highest BCUT2D eigenvalue weighted by atomic mass is 16.6. The van der Waals surface area contributed by atoms with E-state index in [0.717, 1.165) is 0 Å². The molecule has 1 aliphatic carbocycles. The third kappa shape index (κ3) is 5.05. The average Bonchev–Trinajstić information content (AvgIpc) is 2.88. The zero-order valence-corrected chi connectivity index (χ0v) is 21.0. The Labute approximate surface area is 217 Å². The van der Waals surface area contributed by atoms with Crippen LogP contribution in [0, 0.1) is 30.3 Å². The molecule has 3 aromatic carbocycles. The third-order valence-corrected chi connectivity index (χ3v) is 6.64. The fourth-order valence-electron chi connectivity index (χ4n) is 5.06. The normalized spacial score (nSPS) is 12.7. The Balaban J connectivity index is 2.05. The van der Waals surface area contributed by atoms with E-state index < -0.39 is 14.8 Å². The summed E-state index contributed by atoms with van der Waals surface area (Å²) in [6, 6.07) is 8.47. The van der Waals surface area contributed by atoms with E-state index >= 15 is 0 Å². The lowest BCUT2D eigenvalue weighted by Crippen LogP contribution is -2.08. The minimum atomic E-state index is -0.516. The first kappa shape index (κ1) is 26.3. The quantitative estimate of drug-likeness (QED) is 0.323. The number of aryl methyl sites for hydroxylation is 4. The smallest absolute Gasteiger partial charge is 0.270 e. The molecular formula is C26H25N3O9. The molecule has 0 radical (unpaired) electrons. The van der Waals surface area contributed by atoms with Crippen molar-refractivity contribution in [3.05, 3.63) is 100 Å². The highest BCUT2D eigenvalue weighted by molar-refractivity contribution is 5.58. The Morgan fingerprint density at radius 1 is 0.500 bits per heavy atom. The van der Waals surface area contributed by atoms with Gasteiger partial charge in [0.25, 0.3) is 17.1 Å². The molecule has 0 unspecified atom stereocenters. The first-order valence-electron chi connectivity index (χ1n) is 11.7. The molecule has 0 saturated carbocycles. The number of fused-ring (bicyclic) bond motifs is 6. The number of nitro benzene ring substituents is 3. The molecule has 1 aliphatic rings. The van der Waals surface area contributed by atoms with Gasteiger partial charge in [0.2, 0.25) is 0 Å². The Hall–Kier alpha value is -4.74. The molecule has 0 saturated heterocycles. The van der Waals surface area contributed by atoms with Crippen molar-refractivity contribution < 1.29 is 29.0 Å². The van der Waals surface area contributed by atoms with Gasteiger partial charge >= 0.3 is 0 Å². The van der Waals surface area contributed by atoms with Crippen molar-refractivity contribution in [3.8, 4) is 17.2 Å². The van der Waals surface area contributed by atoms with Gasteiger partial charge in [0.15, 0.2) is 0 Å². The number of nitro groups is 3. The van der Waals surface area contributed by atoms with Crippen molar-refractivity contribution in [2.45, 2.75) is 32.1 Å². The van der Waals surface area contributed by atoms with E-state index in [-0.39, 0.29) is 36.3 Å². The molecule has 0 heterocycles. The predicted octanol–water partition coefficient (Wildman–Crippen LogP) is 4.91. The highest BCUT2D eigenvalue weighted by Gasteiger charge is 2.25. The van der Waals surface area contributed by atoms with Gasteiger partial charge in [0.1, 0.15) is 17.2 Å². The van der Waals surface area contributed by atoms with Crippen molar-refractivity contribution in [1.82, 2.24) is 0 Å². The number of rotatable bonds is 6. The summed E-state index contributed by atoms with van der Waals surface area (Å²) in [6.07, 6.45) is 1.23. The molecule has 0 fully saturated rings. The average molecular weight is 523 g/mol. The summed E-state index contributed by atoms with van der Waals surface area (Å²) < 4.78 is 17.0. The van der Waals surface area contributed by atoms with Gasteiger partial charge < -0.3 is 14.2 Å². The van der Waals surface area contributed by atoms with Crippen LogP contribution in [0.5, 0.6) is 17.2 Å². The maximum atomic E-state index is 11.8. The lowest BCUT2D eigenvalue weighted by molar-refractivity contribution is -0.385. The Bertz CT molecular complexity index is 1360. The van der Waals surface area contributed by atoms with Crippen LogP contribution in [-0.2, 0) is 32.1 Å². The molecule has 0 aliphatic heterocycles. The number of benzene rings is 3. The number of ether oxygens (including phenoxy) is 3. The molecule has 38 heavy (non-hydrogen) atoms. The molecule has 6 bridgehead atoms. The van der Waals surface area contributed by atoms with Crippen molar-refractivity contribution >= 4 is 17.1 Å². The van der Waals surface area contributed by atoms with Crippen molar-refractivity contribution in [2.75, 3.05) is 21.3 Å². The van der Waals surface area contributed by atoms with Crippen LogP contribution in [0.3, 0.4) is 0 Å². The Kier molecular flexibility index (Phi) is 7.42. The molecule has 0 N–H and O–H groups in total. The lowest BCUT2D eigenvalue weighted by Gasteiger charge is -2.19. The van der Waals surface area contributed by atoms with Crippen LogP contribution in [0.2, 0.25) is 0 Å². The van der Waals surface area contributed by atoms with E-state index in [2.05, 4.69) is 0 Å². The number of hydrogen-bond donors (Lipinski definition) is 0. The number of hydrogen-bond acceptors (Lipinski definition) is 9. The van der Waals surface area contributed by atoms with Gasteiger partial charge in [0, 0.05) is 76.2 Å². The van der Waals surface area contributed by atoms with Gasteiger partial charge in [-0.05, 0) is 25.7 Å². The van der Waals surface area contributed by atoms with Crippen LogP contribution < -0.4 is 14.2 Å². The molecule has 0 atom stereocenters. The standard InChI is InChI=1S/C26H25N3O9/c1-36-24-15-4-6-17-11-22(28(32)33)13-19(25(17)37-2)8-20-14-23(29(34)35)12-18(26(20)38-3)7-5-16(24)10-21(9-15)27(30)31/h9-14H,4-8H2,1-3H3. The molecule has 12 nitrogen and oxygen atoms in total. The summed E-state index contributed by atoms with van der Waals surface area (Å²) in [4.78, 5) is 33.8. The first-order valence-corrected chi connectivity index (χ1v) is 11.7. The molecule has 0 amide bonds. The van der Waals surface area contributed by atoms with Crippen molar-refractivity contribution in [3.63, 3.8) is 0 Å². The highest BCUT2D eigenvalue weighted by Crippen LogP contribution is 2.39. The summed E-state index contributed by atoms with van der Waals surface area (Å²) in [6.45, 7) is 0. The first-order chi connectivity index (χ1) is 18.2. The van der Waals surface area contributed by atoms with Gasteiger partial charge in [-0.3, -0.25) is 30.3 Å². The van der Waals surface area contributed by atoms with Gasteiger partial charge in [-0.15, -0.1) is 0 Å². The van der Waals surface area contributed by atoms with Crippen LogP contribution in [0.15, 0.2) is 36.4 Å². The van der Waals surface area contributed by atoms with Crippen LogP contribution in [0.4, 0.5) is 17.1 Å². The molecular weight excluding hydrogens is 498 g/mol. The van der Waals surface area contributed by atoms with Crippen LogP contribution in [0.25, 0.3) is 0 Å². The van der Waals surface area contributed by atoms with E-state index in [1.807, 2.05) is 0 Å². The van der Waals surface area contributed by atoms with E-state index in [0.29, 0.717) is 63.5 Å². The summed E-state index contributed by atoms with van der Waals surface area (Å²) in [5.41, 5.74) is 2.64. The third-order valence-electron chi connectivity index (χ3n) is 6.64. The molecule has 3 aromatic rings. The van der Waals surface area contributed by atoms with E-state index in [1.165, 1.54) is 57.7 Å². The Morgan fingerprint density at radius 3 is 0.974 bits per heavy atom. The van der Waals surface area contributed by atoms with Crippen LogP contribution >= 0.6 is 0 Å². The second-order valence-electron chi connectivity index (χ2n) is 8.84. The second kappa shape index (κ2) is 10.7. The molecule has 198 valence electrons. The number of methoxy groups -OCH3 is 3. The van der Waals surface area contributed by atoms with Crippen LogP contribution in [0.1, 0.15) is 33.4 Å². The summed E-state index contributed by atoms with van der Waals surface area (Å²) in [7, 11) is 4.36. The molecule has 4 rings (SSSR count). The zero-order valence-electron chi connectivity index (χ0n) is 21.0. The summed E-state index contributed by atoms with van der Waals surface area (Å²) >= 11 is 0. The molecule has 0 spiro atoms. The monoisotopic (exact) mass is 523 g/mol. The van der Waals surface area contributed by atoms with E-state index in [9.17, 15) is 30.3 Å². The fraction of sp³-hybridized carbons (Fsp3) is 0.308. The van der Waals surface area contributed by atoms with E-state index in [4.69, 9.17) is 14.2 Å². The topological polar surface area (TPSA) is 157 Å². The van der Waals surface area contributed by atoms with Gasteiger partial charge in [-0.1, -0.05) is 0 Å². The van der Waals surface area contributed by atoms with Crippen molar-refractivity contribution in [2.24, 2.45) is 0 Å². The number of nitrogens with zero attached hydrogens (tertiary/aromatic N) is 3. The van der Waals surface area contributed by atoms with Crippen molar-refractivity contribution in [1.29, 1.82) is 0 Å². The zero-order chi connectivity index (χ0) is 27.6. The maximum Gasteiger partial charge on any atom is 0.270 e. The minimum absolute atomic E-state index is 0.0931. The predicted molar refractivity (Wildman–Crippen MR) is 137 cm³/mol. The molecule has 12 heteroatoms. The van der Waals surface area contributed by atoms with Gasteiger partial charge in [0.05, 0.1) is 36.1 Å². The van der Waals surface area contributed by atoms with E-state index in [1.54, 1.807) is 0 Å². The summed E-state index contributed by atoms with van der Waals surface area (Å²) in [5, 5.41) is 35.3. The fourth-order valence-corrected chi connectivity index (χ4v) is 5.06. The largest absolute Gasteiger partial charge is 0.496 e. The maximum absolute atomic E-state index is 11.8. The minimum Gasteiger partial charge on any atom is -0.496 e. The molecule has 0 aromatic heterocycles.